The Morgan fingerprint density at radius 3 is 2.52 bits per heavy atom. The van der Waals surface area contributed by atoms with Gasteiger partial charge in [-0.05, 0) is 36.2 Å². The number of carbonyl (C=O) groups is 1. The van der Waals surface area contributed by atoms with E-state index in [-0.39, 0.29) is 17.0 Å². The molecule has 0 saturated heterocycles. The number of rotatable bonds is 6. The van der Waals surface area contributed by atoms with Gasteiger partial charge in [-0.15, -0.1) is 0 Å². The molecule has 2 aromatic heterocycles. The topological polar surface area (TPSA) is 90.1 Å². The van der Waals surface area contributed by atoms with Crippen LogP contribution in [0.1, 0.15) is 27.8 Å². The van der Waals surface area contributed by atoms with E-state index in [0.717, 1.165) is 6.20 Å². The first-order valence-electron chi connectivity index (χ1n) is 8.97. The van der Waals surface area contributed by atoms with Crippen molar-refractivity contribution in [3.8, 4) is 16.9 Å². The Morgan fingerprint density at radius 2 is 1.91 bits per heavy atom. The highest BCUT2D eigenvalue weighted by atomic mass is 35.5. The average Bonchev–Trinajstić information content (AvgIpc) is 3.21. The Balaban J connectivity index is 1.85. The van der Waals surface area contributed by atoms with Crippen LogP contribution in [-0.2, 0) is 12.7 Å². The smallest absolute Gasteiger partial charge is 0.455 e. The molecule has 3 aromatic rings. The normalized spacial score (nSPS) is 12.0. The number of alkyl halides is 6. The average molecular weight is 495 g/mol. The highest BCUT2D eigenvalue weighted by Gasteiger charge is 2.37. The van der Waals surface area contributed by atoms with Gasteiger partial charge in [-0.3, -0.25) is 4.79 Å². The zero-order valence-electron chi connectivity index (χ0n) is 16.5. The highest BCUT2D eigenvalue weighted by molar-refractivity contribution is 6.31. The van der Waals surface area contributed by atoms with Crippen molar-refractivity contribution < 1.29 is 40.4 Å². The van der Waals surface area contributed by atoms with Crippen LogP contribution in [0.3, 0.4) is 0 Å². The molecule has 0 fully saturated rings. The largest absolute Gasteiger partial charge is 0.482 e. The van der Waals surface area contributed by atoms with Gasteiger partial charge in [0.15, 0.2) is 6.61 Å². The Hall–Kier alpha value is -3.35. The Morgan fingerprint density at radius 1 is 1.18 bits per heavy atom. The summed E-state index contributed by atoms with van der Waals surface area (Å²) in [5, 5.41) is 5.43. The van der Waals surface area contributed by atoms with E-state index in [9.17, 15) is 31.1 Å². The third-order valence-electron chi connectivity index (χ3n) is 4.08. The van der Waals surface area contributed by atoms with Gasteiger partial charge >= 0.3 is 12.4 Å². The number of benzene rings is 1. The SMILES string of the molecule is Cc1cc(-c2cc(C(=O)NCc3nc(C(F)(F)F)no3)ncc2OCC(F)(F)F)ccc1Cl. The number of carbonyl (C=O) groups excluding carboxylic acids is 1. The van der Waals surface area contributed by atoms with E-state index in [0.29, 0.717) is 16.1 Å². The second kappa shape index (κ2) is 9.25. The molecule has 0 unspecified atom stereocenters. The van der Waals surface area contributed by atoms with Crippen LogP contribution in [0, 0.1) is 6.92 Å². The number of nitrogens with zero attached hydrogens (tertiary/aromatic N) is 3. The lowest BCUT2D eigenvalue weighted by Gasteiger charge is -2.15. The maximum atomic E-state index is 12.6. The number of aryl methyl sites for hydroxylation is 1. The van der Waals surface area contributed by atoms with Crippen molar-refractivity contribution in [2.75, 3.05) is 6.61 Å². The zero-order chi connectivity index (χ0) is 24.4. The lowest BCUT2D eigenvalue weighted by atomic mass is 10.0. The van der Waals surface area contributed by atoms with Crippen LogP contribution >= 0.6 is 11.6 Å². The molecular formula is C19H13ClF6N4O3. The summed E-state index contributed by atoms with van der Waals surface area (Å²) in [6, 6.07) is 5.80. The summed E-state index contributed by atoms with van der Waals surface area (Å²) in [6.07, 6.45) is -8.48. The molecule has 3 rings (SSSR count). The minimum Gasteiger partial charge on any atom is -0.482 e. The number of hydrogen-bond donors (Lipinski definition) is 1. The summed E-state index contributed by atoms with van der Waals surface area (Å²) >= 11 is 5.99. The van der Waals surface area contributed by atoms with Crippen molar-refractivity contribution in [2.45, 2.75) is 25.8 Å². The van der Waals surface area contributed by atoms with Crippen molar-refractivity contribution in [3.63, 3.8) is 0 Å². The number of nitrogens with one attached hydrogen (secondary N) is 1. The van der Waals surface area contributed by atoms with Crippen molar-refractivity contribution >= 4 is 17.5 Å². The molecular weight excluding hydrogens is 482 g/mol. The maximum Gasteiger partial charge on any atom is 0.455 e. The molecule has 1 N–H and O–H groups in total. The standard InChI is InChI=1S/C19H13ClF6N4O3/c1-9-4-10(2-3-12(9)20)11-5-13(27-6-14(11)32-8-18(21,22)23)16(31)28-7-15-29-17(30-33-15)19(24,25)26/h2-6H,7-8H2,1H3,(H,28,31). The highest BCUT2D eigenvalue weighted by Crippen LogP contribution is 2.33. The van der Waals surface area contributed by atoms with Gasteiger partial charge in [-0.2, -0.15) is 31.3 Å². The molecule has 0 aliphatic carbocycles. The Labute approximate surface area is 186 Å². The zero-order valence-corrected chi connectivity index (χ0v) is 17.3. The molecule has 2 heterocycles. The first kappa shape index (κ1) is 24.3. The number of pyridine rings is 1. The Kier molecular flexibility index (Phi) is 6.81. The van der Waals surface area contributed by atoms with Crippen LogP contribution in [0.25, 0.3) is 11.1 Å². The quantitative estimate of drug-likeness (QED) is 0.486. The lowest BCUT2D eigenvalue weighted by Crippen LogP contribution is -2.24. The second-order valence-corrected chi connectivity index (χ2v) is 7.03. The second-order valence-electron chi connectivity index (χ2n) is 6.63. The predicted molar refractivity (Wildman–Crippen MR) is 101 cm³/mol. The van der Waals surface area contributed by atoms with Gasteiger partial charge in [0.2, 0.25) is 5.89 Å². The predicted octanol–water partition coefficient (Wildman–Crippen LogP) is 4.98. The molecule has 0 aliphatic heterocycles. The van der Waals surface area contributed by atoms with Gasteiger partial charge in [-0.1, -0.05) is 22.8 Å². The molecule has 0 spiro atoms. The molecule has 0 atom stereocenters. The third kappa shape index (κ3) is 6.34. The van der Waals surface area contributed by atoms with Crippen LogP contribution in [0.5, 0.6) is 5.75 Å². The minimum atomic E-state index is -4.81. The van der Waals surface area contributed by atoms with Gasteiger partial charge in [0.1, 0.15) is 11.4 Å². The number of ether oxygens (including phenoxy) is 1. The van der Waals surface area contributed by atoms with E-state index >= 15 is 0 Å². The van der Waals surface area contributed by atoms with Crippen LogP contribution < -0.4 is 10.1 Å². The summed E-state index contributed by atoms with van der Waals surface area (Å²) in [5.74, 6) is -3.10. The molecule has 33 heavy (non-hydrogen) atoms. The lowest BCUT2D eigenvalue weighted by molar-refractivity contribution is -0.153. The number of halogens is 7. The van der Waals surface area contributed by atoms with Gasteiger partial charge in [0.05, 0.1) is 12.7 Å². The fraction of sp³-hybridized carbons (Fsp3) is 0.263. The summed E-state index contributed by atoms with van der Waals surface area (Å²) < 4.78 is 84.7. The fourth-order valence-corrected chi connectivity index (χ4v) is 2.69. The van der Waals surface area contributed by atoms with Crippen LogP contribution in [-0.4, -0.2) is 33.8 Å². The maximum absolute atomic E-state index is 12.6. The summed E-state index contributed by atoms with van der Waals surface area (Å²) in [7, 11) is 0. The number of aromatic nitrogens is 3. The van der Waals surface area contributed by atoms with Crippen molar-refractivity contribution in [3.05, 3.63) is 58.5 Å². The molecule has 176 valence electrons. The molecule has 7 nitrogen and oxygen atoms in total. The molecule has 0 saturated carbocycles. The van der Waals surface area contributed by atoms with Crippen molar-refractivity contribution in [1.29, 1.82) is 0 Å². The van der Waals surface area contributed by atoms with E-state index in [1.54, 1.807) is 13.0 Å². The van der Waals surface area contributed by atoms with Crippen molar-refractivity contribution in [2.24, 2.45) is 0 Å². The fourth-order valence-electron chi connectivity index (χ4n) is 2.57. The molecule has 0 bridgehead atoms. The van der Waals surface area contributed by atoms with E-state index in [2.05, 4.69) is 25.0 Å². The Bertz CT molecular complexity index is 1160. The van der Waals surface area contributed by atoms with Gasteiger partial charge in [0, 0.05) is 10.6 Å². The summed E-state index contributed by atoms with van der Waals surface area (Å²) in [5.41, 5.74) is 0.900. The number of amides is 1. The van der Waals surface area contributed by atoms with Gasteiger partial charge in [-0.25, -0.2) is 4.98 Å². The van der Waals surface area contributed by atoms with Crippen molar-refractivity contribution in [1.82, 2.24) is 20.4 Å². The van der Waals surface area contributed by atoms with Gasteiger partial charge in [0.25, 0.3) is 11.7 Å². The van der Waals surface area contributed by atoms with E-state index in [4.69, 9.17) is 16.3 Å². The monoisotopic (exact) mass is 494 g/mol. The van der Waals surface area contributed by atoms with E-state index < -0.39 is 43.1 Å². The molecule has 14 heteroatoms. The minimum absolute atomic E-state index is 0.122. The van der Waals surface area contributed by atoms with Crippen LogP contribution in [0.15, 0.2) is 35.0 Å². The van der Waals surface area contributed by atoms with Crippen LogP contribution in [0.2, 0.25) is 5.02 Å². The summed E-state index contributed by atoms with van der Waals surface area (Å²) in [4.78, 5) is 19.3. The van der Waals surface area contributed by atoms with E-state index in [1.807, 2.05) is 0 Å². The van der Waals surface area contributed by atoms with Crippen LogP contribution in [0.4, 0.5) is 26.3 Å². The molecule has 0 aliphatic rings. The third-order valence-corrected chi connectivity index (χ3v) is 4.51. The van der Waals surface area contributed by atoms with Gasteiger partial charge < -0.3 is 14.6 Å². The molecule has 0 radical (unpaired) electrons. The first-order valence-corrected chi connectivity index (χ1v) is 9.35. The van der Waals surface area contributed by atoms with E-state index in [1.165, 1.54) is 18.2 Å². The molecule has 1 amide bonds. The summed E-state index contributed by atoms with van der Waals surface area (Å²) in [6.45, 7) is -0.444. The molecule has 1 aromatic carbocycles. The first-order chi connectivity index (χ1) is 15.3. The number of hydrogen-bond acceptors (Lipinski definition) is 6.